The van der Waals surface area contributed by atoms with Crippen LogP contribution in [0.15, 0.2) is 46.9 Å². The van der Waals surface area contributed by atoms with Crippen LogP contribution in [0.4, 0.5) is 5.69 Å². The third-order valence-corrected chi connectivity index (χ3v) is 4.50. The number of imidazole rings is 1. The molecular weight excluding hydrogens is 372 g/mol. The van der Waals surface area contributed by atoms with E-state index in [1.807, 2.05) is 37.3 Å². The van der Waals surface area contributed by atoms with Crippen LogP contribution in [-0.2, 0) is 6.42 Å². The topological polar surface area (TPSA) is 121 Å². The van der Waals surface area contributed by atoms with Crippen molar-refractivity contribution in [2.24, 2.45) is 0 Å². The van der Waals surface area contributed by atoms with E-state index in [0.717, 1.165) is 5.56 Å². The first kappa shape index (κ1) is 18.4. The summed E-state index contributed by atoms with van der Waals surface area (Å²) in [4.78, 5) is 36.2. The van der Waals surface area contributed by atoms with Gasteiger partial charge in [-0.15, -0.1) is 0 Å². The number of anilines is 1. The zero-order valence-electron chi connectivity index (χ0n) is 15.8. The number of carbonyl (C=O) groups is 2. The van der Waals surface area contributed by atoms with Gasteiger partial charge >= 0.3 is 5.97 Å². The summed E-state index contributed by atoms with van der Waals surface area (Å²) in [5.41, 5.74) is 2.49. The minimum Gasteiger partial charge on any atom is -0.478 e. The normalized spacial score (nSPS) is 11.0. The number of nitrogens with zero attached hydrogens (tertiary/aromatic N) is 2. The Balaban J connectivity index is 1.74. The smallest absolute Gasteiger partial charge is 0.337 e. The standard InChI is InChI=1S/C21H18N4O4/c1-3-17-22-11(2)18(29-17)20(26)25-14-10-16-15(9-13(14)21(27)28)23-19(24-16)12-7-5-4-6-8-12/h4-10H,3H2,1-2H3,(H,23,24)(H,25,26)(H,27,28). The van der Waals surface area contributed by atoms with E-state index >= 15 is 0 Å². The largest absolute Gasteiger partial charge is 0.478 e. The molecule has 8 nitrogen and oxygen atoms in total. The van der Waals surface area contributed by atoms with Crippen LogP contribution in [0, 0.1) is 6.92 Å². The minimum atomic E-state index is -1.17. The van der Waals surface area contributed by atoms with Gasteiger partial charge in [0.15, 0.2) is 5.89 Å². The second-order valence-corrected chi connectivity index (χ2v) is 6.50. The number of aromatic nitrogens is 3. The zero-order valence-corrected chi connectivity index (χ0v) is 15.8. The number of aromatic carboxylic acids is 1. The van der Waals surface area contributed by atoms with E-state index < -0.39 is 11.9 Å². The van der Waals surface area contributed by atoms with Gasteiger partial charge in [0.1, 0.15) is 5.82 Å². The minimum absolute atomic E-state index is 0.0537. The molecule has 2 heterocycles. The number of benzene rings is 2. The van der Waals surface area contributed by atoms with Crippen molar-refractivity contribution in [3.05, 3.63) is 65.4 Å². The highest BCUT2D eigenvalue weighted by atomic mass is 16.4. The molecule has 29 heavy (non-hydrogen) atoms. The predicted octanol–water partition coefficient (Wildman–Crippen LogP) is 4.04. The third kappa shape index (κ3) is 3.47. The van der Waals surface area contributed by atoms with Crippen LogP contribution in [0.5, 0.6) is 0 Å². The molecule has 0 spiro atoms. The molecule has 0 atom stereocenters. The number of carboxylic acids is 1. The van der Waals surface area contributed by atoms with Crippen LogP contribution < -0.4 is 5.32 Å². The summed E-state index contributed by atoms with van der Waals surface area (Å²) in [6.07, 6.45) is 0.552. The second-order valence-electron chi connectivity index (χ2n) is 6.50. The first-order chi connectivity index (χ1) is 14.0. The molecule has 0 unspecified atom stereocenters. The molecule has 4 aromatic rings. The van der Waals surface area contributed by atoms with Crippen LogP contribution in [0.2, 0.25) is 0 Å². The van der Waals surface area contributed by atoms with Crippen molar-refractivity contribution in [2.75, 3.05) is 5.32 Å². The molecule has 8 heteroatoms. The molecule has 4 rings (SSSR count). The Morgan fingerprint density at radius 2 is 1.93 bits per heavy atom. The number of fused-ring (bicyclic) bond motifs is 1. The summed E-state index contributed by atoms with van der Waals surface area (Å²) in [7, 11) is 0. The van der Waals surface area contributed by atoms with Gasteiger partial charge in [-0.3, -0.25) is 4.79 Å². The highest BCUT2D eigenvalue weighted by Gasteiger charge is 2.21. The molecule has 2 aromatic carbocycles. The van der Waals surface area contributed by atoms with Crippen LogP contribution in [0.3, 0.4) is 0 Å². The van der Waals surface area contributed by atoms with Gasteiger partial charge in [0, 0.05) is 12.0 Å². The maximum atomic E-state index is 12.6. The lowest BCUT2D eigenvalue weighted by Crippen LogP contribution is -2.15. The van der Waals surface area contributed by atoms with E-state index in [9.17, 15) is 14.7 Å². The summed E-state index contributed by atoms with van der Waals surface area (Å²) in [6, 6.07) is 12.5. The van der Waals surface area contributed by atoms with E-state index in [1.165, 1.54) is 12.1 Å². The molecule has 0 aliphatic heterocycles. The van der Waals surface area contributed by atoms with Crippen molar-refractivity contribution in [3.8, 4) is 11.4 Å². The predicted molar refractivity (Wildman–Crippen MR) is 107 cm³/mol. The Labute approximate surface area is 165 Å². The van der Waals surface area contributed by atoms with Gasteiger partial charge < -0.3 is 19.8 Å². The van der Waals surface area contributed by atoms with Gasteiger partial charge in [-0.2, -0.15) is 0 Å². The van der Waals surface area contributed by atoms with Crippen LogP contribution >= 0.6 is 0 Å². The number of nitrogens with one attached hydrogen (secondary N) is 2. The first-order valence-corrected chi connectivity index (χ1v) is 9.06. The molecule has 0 fully saturated rings. The average Bonchev–Trinajstić information content (AvgIpc) is 3.30. The van der Waals surface area contributed by atoms with Crippen molar-refractivity contribution >= 4 is 28.6 Å². The zero-order chi connectivity index (χ0) is 20.5. The Morgan fingerprint density at radius 1 is 1.17 bits per heavy atom. The molecule has 146 valence electrons. The van der Waals surface area contributed by atoms with Crippen LogP contribution in [0.25, 0.3) is 22.4 Å². The van der Waals surface area contributed by atoms with Gasteiger partial charge in [-0.25, -0.2) is 14.8 Å². The quantitative estimate of drug-likeness (QED) is 0.473. The highest BCUT2D eigenvalue weighted by Crippen LogP contribution is 2.27. The van der Waals surface area contributed by atoms with E-state index in [-0.39, 0.29) is 17.0 Å². The second kappa shape index (κ2) is 7.23. The van der Waals surface area contributed by atoms with Crippen LogP contribution in [-0.4, -0.2) is 31.9 Å². The van der Waals surface area contributed by atoms with Crippen molar-refractivity contribution in [2.45, 2.75) is 20.3 Å². The van der Waals surface area contributed by atoms with E-state index in [4.69, 9.17) is 4.42 Å². The molecule has 0 bridgehead atoms. The lowest BCUT2D eigenvalue weighted by atomic mass is 10.1. The number of aromatic amines is 1. The molecule has 0 aliphatic carbocycles. The fourth-order valence-electron chi connectivity index (χ4n) is 3.06. The third-order valence-electron chi connectivity index (χ3n) is 4.50. The van der Waals surface area contributed by atoms with Gasteiger partial charge in [0.05, 0.1) is 28.0 Å². The number of oxazole rings is 1. The molecule has 0 aliphatic rings. The number of carboxylic acid groups (broad SMARTS) is 1. The number of carbonyl (C=O) groups excluding carboxylic acids is 1. The first-order valence-electron chi connectivity index (χ1n) is 9.06. The Bertz CT molecular complexity index is 1220. The summed E-state index contributed by atoms with van der Waals surface area (Å²) in [5.74, 6) is -0.609. The number of amides is 1. The molecule has 0 saturated carbocycles. The van der Waals surface area contributed by atoms with Crippen molar-refractivity contribution in [3.63, 3.8) is 0 Å². The van der Waals surface area contributed by atoms with Gasteiger partial charge in [-0.05, 0) is 19.1 Å². The summed E-state index contributed by atoms with van der Waals surface area (Å²) >= 11 is 0. The lowest BCUT2D eigenvalue weighted by molar-refractivity contribution is 0.0698. The molecular formula is C21H18N4O4. The maximum Gasteiger partial charge on any atom is 0.337 e. The fourth-order valence-corrected chi connectivity index (χ4v) is 3.06. The fraction of sp³-hybridized carbons (Fsp3) is 0.143. The number of rotatable bonds is 5. The van der Waals surface area contributed by atoms with Crippen molar-refractivity contribution in [1.29, 1.82) is 0 Å². The number of aryl methyl sites for hydroxylation is 2. The lowest BCUT2D eigenvalue weighted by Gasteiger charge is -2.07. The monoisotopic (exact) mass is 390 g/mol. The summed E-state index contributed by atoms with van der Waals surface area (Å²) < 4.78 is 5.45. The van der Waals surface area contributed by atoms with E-state index in [2.05, 4.69) is 20.3 Å². The van der Waals surface area contributed by atoms with Gasteiger partial charge in [-0.1, -0.05) is 37.3 Å². The number of hydrogen-bond donors (Lipinski definition) is 3. The van der Waals surface area contributed by atoms with E-state index in [0.29, 0.717) is 34.9 Å². The molecule has 3 N–H and O–H groups in total. The maximum absolute atomic E-state index is 12.6. The molecule has 2 aromatic heterocycles. The van der Waals surface area contributed by atoms with Gasteiger partial charge in [0.25, 0.3) is 5.91 Å². The Morgan fingerprint density at radius 3 is 2.59 bits per heavy atom. The van der Waals surface area contributed by atoms with Crippen molar-refractivity contribution in [1.82, 2.24) is 15.0 Å². The highest BCUT2D eigenvalue weighted by molar-refractivity contribution is 6.08. The number of H-pyrrole nitrogens is 1. The van der Waals surface area contributed by atoms with Crippen LogP contribution in [0.1, 0.15) is 39.4 Å². The van der Waals surface area contributed by atoms with Crippen molar-refractivity contribution < 1.29 is 19.1 Å². The Hall–Kier alpha value is -3.94. The average molecular weight is 390 g/mol. The molecule has 0 saturated heterocycles. The molecule has 0 radical (unpaired) electrons. The van der Waals surface area contributed by atoms with E-state index in [1.54, 1.807) is 6.92 Å². The SMILES string of the molecule is CCc1nc(C)c(C(=O)Nc2cc3nc(-c4ccccc4)[nH]c3cc2C(=O)O)o1. The Kier molecular flexibility index (Phi) is 4.59. The molecule has 1 amide bonds. The summed E-state index contributed by atoms with van der Waals surface area (Å²) in [5, 5.41) is 12.2. The van der Waals surface area contributed by atoms with Gasteiger partial charge in [0.2, 0.25) is 5.76 Å². The number of hydrogen-bond acceptors (Lipinski definition) is 5. The summed E-state index contributed by atoms with van der Waals surface area (Å²) in [6.45, 7) is 3.53.